The topological polar surface area (TPSA) is 89.5 Å². The zero-order valence-electron chi connectivity index (χ0n) is 29.8. The second kappa shape index (κ2) is 23.1. The molecule has 0 fully saturated rings. The van der Waals surface area contributed by atoms with Gasteiger partial charge in [-0.05, 0) is 12.8 Å². The number of fused-ring (bicyclic) bond motifs is 2. The maximum atomic E-state index is 11.9. The summed E-state index contributed by atoms with van der Waals surface area (Å²) in [6.07, 6.45) is 13.1. The lowest BCUT2D eigenvalue weighted by molar-refractivity contribution is -0.152. The van der Waals surface area contributed by atoms with E-state index in [0.717, 1.165) is 47.2 Å². The van der Waals surface area contributed by atoms with E-state index in [2.05, 4.69) is 13.8 Å². The van der Waals surface area contributed by atoms with Gasteiger partial charge in [0.25, 0.3) is 0 Å². The zero-order valence-corrected chi connectivity index (χ0v) is 29.8. The monoisotopic (exact) mass is 666 g/mol. The molecule has 0 amide bonds. The van der Waals surface area contributed by atoms with Crippen molar-refractivity contribution >= 4 is 33.5 Å². The predicted molar refractivity (Wildman–Crippen MR) is 192 cm³/mol. The Bertz CT molecular complexity index is 1200. The Hall–Kier alpha value is -3.36. The first-order valence-corrected chi connectivity index (χ1v) is 18.1. The number of unbranched alkanes of at least 4 members (excludes halogenated alkanes) is 10. The third-order valence-electron chi connectivity index (χ3n) is 8.22. The Morgan fingerprint density at radius 2 is 0.833 bits per heavy atom. The maximum absolute atomic E-state index is 11.9. The van der Waals surface area contributed by atoms with E-state index in [1.54, 1.807) is 0 Å². The minimum atomic E-state index is -0.545. The molecule has 0 saturated heterocycles. The fourth-order valence-electron chi connectivity index (χ4n) is 5.81. The van der Waals surface area contributed by atoms with Crippen molar-refractivity contribution in [2.75, 3.05) is 39.6 Å². The van der Waals surface area contributed by atoms with E-state index in [9.17, 15) is 9.59 Å². The molecule has 0 radical (unpaired) electrons. The Balaban J connectivity index is 1.70. The van der Waals surface area contributed by atoms with Crippen molar-refractivity contribution in [3.05, 3.63) is 48.5 Å². The SMILES string of the molecule is CCCCCCCCOCC(COc1c2ccccc2c(OCC(COCCCCCCCC)OC(C)=O)c2ccccc12)OC(C)=O. The molecular formula is C40H58O8. The van der Waals surface area contributed by atoms with Gasteiger partial charge in [0, 0.05) is 48.6 Å². The number of carbonyl (C=O) groups excluding carboxylic acids is 2. The normalized spacial score (nSPS) is 12.6. The number of rotatable bonds is 26. The fourth-order valence-corrected chi connectivity index (χ4v) is 5.81. The maximum Gasteiger partial charge on any atom is 0.303 e. The average Bonchev–Trinajstić information content (AvgIpc) is 3.07. The number of benzene rings is 3. The van der Waals surface area contributed by atoms with Gasteiger partial charge < -0.3 is 28.4 Å². The van der Waals surface area contributed by atoms with Crippen LogP contribution in [0.3, 0.4) is 0 Å². The first kappa shape index (κ1) is 39.1. The number of carbonyl (C=O) groups is 2. The number of esters is 2. The van der Waals surface area contributed by atoms with Gasteiger partial charge in [0.2, 0.25) is 0 Å². The smallest absolute Gasteiger partial charge is 0.303 e. The summed E-state index contributed by atoms with van der Waals surface area (Å²) in [7, 11) is 0. The molecule has 0 bridgehead atoms. The average molecular weight is 667 g/mol. The summed E-state index contributed by atoms with van der Waals surface area (Å²) < 4.78 is 35.9. The molecule has 3 aromatic carbocycles. The summed E-state index contributed by atoms with van der Waals surface area (Å²) >= 11 is 0. The highest BCUT2D eigenvalue weighted by molar-refractivity contribution is 6.11. The van der Waals surface area contributed by atoms with Crippen LogP contribution in [0.15, 0.2) is 48.5 Å². The molecule has 3 rings (SSSR count). The molecule has 0 heterocycles. The third kappa shape index (κ3) is 14.0. The van der Waals surface area contributed by atoms with Crippen LogP contribution in [-0.2, 0) is 28.5 Å². The van der Waals surface area contributed by atoms with Crippen molar-refractivity contribution in [1.82, 2.24) is 0 Å². The highest BCUT2D eigenvalue weighted by atomic mass is 16.6. The van der Waals surface area contributed by atoms with Crippen molar-refractivity contribution in [2.24, 2.45) is 0 Å². The minimum Gasteiger partial charge on any atom is -0.488 e. The van der Waals surface area contributed by atoms with Crippen LogP contribution in [0.5, 0.6) is 11.5 Å². The van der Waals surface area contributed by atoms with E-state index in [1.807, 2.05) is 48.5 Å². The summed E-state index contributed by atoms with van der Waals surface area (Å²) in [5.74, 6) is 0.618. The molecule has 0 aliphatic carbocycles. The second-order valence-corrected chi connectivity index (χ2v) is 12.5. The predicted octanol–water partition coefficient (Wildman–Crippen LogP) is 9.37. The number of hydrogen-bond acceptors (Lipinski definition) is 8. The first-order valence-electron chi connectivity index (χ1n) is 18.1. The van der Waals surface area contributed by atoms with Gasteiger partial charge >= 0.3 is 11.9 Å². The summed E-state index contributed by atoms with van der Waals surface area (Å²) in [6.45, 7) is 9.32. The van der Waals surface area contributed by atoms with Crippen LogP contribution < -0.4 is 9.47 Å². The van der Waals surface area contributed by atoms with E-state index >= 15 is 0 Å². The molecule has 8 heteroatoms. The van der Waals surface area contributed by atoms with Crippen LogP contribution >= 0.6 is 0 Å². The molecule has 0 spiro atoms. The van der Waals surface area contributed by atoms with Gasteiger partial charge in [0.05, 0.1) is 13.2 Å². The van der Waals surface area contributed by atoms with Gasteiger partial charge in [-0.15, -0.1) is 0 Å². The lowest BCUT2D eigenvalue weighted by Gasteiger charge is -2.22. The highest BCUT2D eigenvalue weighted by Gasteiger charge is 2.21. The van der Waals surface area contributed by atoms with E-state index < -0.39 is 12.2 Å². The minimum absolute atomic E-state index is 0.148. The Morgan fingerprint density at radius 3 is 1.17 bits per heavy atom. The Labute approximate surface area is 287 Å². The van der Waals surface area contributed by atoms with Gasteiger partial charge in [-0.2, -0.15) is 0 Å². The van der Waals surface area contributed by atoms with Gasteiger partial charge in [-0.1, -0.05) is 127 Å². The molecule has 8 nitrogen and oxygen atoms in total. The van der Waals surface area contributed by atoms with Crippen molar-refractivity contribution in [3.63, 3.8) is 0 Å². The molecule has 3 aromatic rings. The van der Waals surface area contributed by atoms with Crippen LogP contribution in [0.2, 0.25) is 0 Å². The van der Waals surface area contributed by atoms with Crippen molar-refractivity contribution in [3.8, 4) is 11.5 Å². The molecule has 2 atom stereocenters. The van der Waals surface area contributed by atoms with Crippen LogP contribution in [0.4, 0.5) is 0 Å². The molecule has 0 saturated carbocycles. The summed E-state index contributed by atoms with van der Waals surface area (Å²) in [5, 5.41) is 3.46. The van der Waals surface area contributed by atoms with Crippen LogP contribution in [-0.4, -0.2) is 63.8 Å². The van der Waals surface area contributed by atoms with Crippen LogP contribution in [0.1, 0.15) is 105 Å². The van der Waals surface area contributed by atoms with Gasteiger partial charge in [0.15, 0.2) is 12.2 Å². The molecule has 2 unspecified atom stereocenters. The number of ether oxygens (including phenoxy) is 6. The van der Waals surface area contributed by atoms with Crippen molar-refractivity contribution in [1.29, 1.82) is 0 Å². The Morgan fingerprint density at radius 1 is 0.500 bits per heavy atom. The summed E-state index contributed by atoms with van der Waals surface area (Å²) in [6, 6.07) is 15.8. The molecule has 0 N–H and O–H groups in total. The number of hydrogen-bond donors (Lipinski definition) is 0. The largest absolute Gasteiger partial charge is 0.488 e. The zero-order chi connectivity index (χ0) is 34.4. The standard InChI is InChI=1S/C40H58O8/c1-5-7-9-11-13-19-25-43-27-33(47-31(3)41)29-45-39-35-21-15-17-23-37(35)40(38-24-18-16-22-36(38)39)46-30-34(48-32(4)42)28-44-26-20-14-12-10-8-6-2/h15-18,21-24,33-34H,5-14,19-20,25-30H2,1-4H3. The molecule has 48 heavy (non-hydrogen) atoms. The van der Waals surface area contributed by atoms with E-state index in [-0.39, 0.29) is 38.4 Å². The van der Waals surface area contributed by atoms with E-state index in [4.69, 9.17) is 28.4 Å². The van der Waals surface area contributed by atoms with Gasteiger partial charge in [-0.3, -0.25) is 9.59 Å². The van der Waals surface area contributed by atoms with E-state index in [0.29, 0.717) is 24.7 Å². The third-order valence-corrected chi connectivity index (χ3v) is 8.22. The van der Waals surface area contributed by atoms with Gasteiger partial charge in [0.1, 0.15) is 24.7 Å². The van der Waals surface area contributed by atoms with Gasteiger partial charge in [-0.25, -0.2) is 0 Å². The quantitative estimate of drug-likeness (QED) is 0.0476. The van der Waals surface area contributed by atoms with E-state index in [1.165, 1.54) is 65.2 Å². The first-order chi connectivity index (χ1) is 23.4. The van der Waals surface area contributed by atoms with Crippen molar-refractivity contribution < 1.29 is 38.0 Å². The molecule has 266 valence electrons. The Kier molecular flexibility index (Phi) is 18.8. The molecule has 0 aromatic heterocycles. The fraction of sp³-hybridized carbons (Fsp3) is 0.600. The summed E-state index contributed by atoms with van der Waals surface area (Å²) in [5.41, 5.74) is 0. The molecular weight excluding hydrogens is 608 g/mol. The van der Waals surface area contributed by atoms with Crippen LogP contribution in [0, 0.1) is 0 Å². The summed E-state index contributed by atoms with van der Waals surface area (Å²) in [4.78, 5) is 23.8. The van der Waals surface area contributed by atoms with Crippen molar-refractivity contribution in [2.45, 2.75) is 117 Å². The second-order valence-electron chi connectivity index (χ2n) is 12.5. The highest BCUT2D eigenvalue weighted by Crippen LogP contribution is 2.42. The lowest BCUT2D eigenvalue weighted by Crippen LogP contribution is -2.29. The molecule has 0 aliphatic heterocycles. The molecule has 0 aliphatic rings. The van der Waals surface area contributed by atoms with Crippen LogP contribution in [0.25, 0.3) is 21.5 Å². The lowest BCUT2D eigenvalue weighted by atomic mass is 10.0.